The summed E-state index contributed by atoms with van der Waals surface area (Å²) in [5, 5.41) is 7.71. The molecule has 0 atom stereocenters. The van der Waals surface area contributed by atoms with E-state index >= 15 is 0 Å². The molecule has 0 spiro atoms. The molecule has 37 heavy (non-hydrogen) atoms. The molecule has 3 aromatic carbocycles. The van der Waals surface area contributed by atoms with Crippen LogP contribution < -0.4 is 5.32 Å². The summed E-state index contributed by atoms with van der Waals surface area (Å²) in [5.41, 5.74) is 5.42. The first-order valence-electron chi connectivity index (χ1n) is 12.3. The second-order valence-electron chi connectivity index (χ2n) is 8.78. The molecule has 1 fully saturated rings. The van der Waals surface area contributed by atoms with Crippen LogP contribution in [0.5, 0.6) is 0 Å². The molecule has 1 saturated heterocycles. The quantitative estimate of drug-likeness (QED) is 0.386. The van der Waals surface area contributed by atoms with E-state index in [0.29, 0.717) is 37.6 Å². The number of amides is 2. The highest BCUT2D eigenvalue weighted by atomic mass is 16.5. The van der Waals surface area contributed by atoms with Crippen molar-refractivity contribution in [2.45, 2.75) is 6.92 Å². The monoisotopic (exact) mass is 492 g/mol. The highest BCUT2D eigenvalue weighted by Crippen LogP contribution is 2.25. The summed E-state index contributed by atoms with van der Waals surface area (Å²) < 4.78 is 7.16. The number of carbonyl (C=O) groups excluding carboxylic acids is 2. The number of hydrogen-bond acceptors (Lipinski definition) is 4. The average Bonchev–Trinajstić information content (AvgIpc) is 3.38. The molecule has 4 aromatic rings. The number of rotatable bonds is 6. The summed E-state index contributed by atoms with van der Waals surface area (Å²) in [4.78, 5) is 27.7. The number of ether oxygens (including phenoxy) is 1. The third-order valence-corrected chi connectivity index (χ3v) is 6.35. The molecular weight excluding hydrogens is 464 g/mol. The van der Waals surface area contributed by atoms with Gasteiger partial charge in [-0.05, 0) is 42.8 Å². The standard InChI is InChI=1S/C30H28N4O3/c1-22-26(30(36)33-17-19-37-20-18-33)13-8-14-27(22)31-28(35)16-15-24-21-34(25-11-6-3-7-12-25)32-29(24)23-9-4-2-5-10-23/h2-16,21H,17-20H2,1H3,(H,31,35)/b16-15+. The Kier molecular flexibility index (Phi) is 7.23. The topological polar surface area (TPSA) is 76.5 Å². The molecule has 7 nitrogen and oxygen atoms in total. The molecule has 0 unspecified atom stereocenters. The van der Waals surface area contributed by atoms with Crippen LogP contribution in [-0.2, 0) is 9.53 Å². The lowest BCUT2D eigenvalue weighted by Crippen LogP contribution is -2.41. The van der Waals surface area contributed by atoms with Crippen molar-refractivity contribution in [3.63, 3.8) is 0 Å². The maximum atomic E-state index is 13.0. The van der Waals surface area contributed by atoms with Gasteiger partial charge in [-0.25, -0.2) is 4.68 Å². The van der Waals surface area contributed by atoms with Crippen LogP contribution >= 0.6 is 0 Å². The SMILES string of the molecule is Cc1c(NC(=O)/C=C/c2cn(-c3ccccc3)nc2-c2ccccc2)cccc1C(=O)N1CCOCC1. The van der Waals surface area contributed by atoms with Crippen molar-refractivity contribution in [3.8, 4) is 16.9 Å². The van der Waals surface area contributed by atoms with E-state index in [1.54, 1.807) is 29.2 Å². The lowest BCUT2D eigenvalue weighted by atomic mass is 10.0. The number of para-hydroxylation sites is 1. The summed E-state index contributed by atoms with van der Waals surface area (Å²) in [6.07, 6.45) is 5.17. The zero-order valence-corrected chi connectivity index (χ0v) is 20.6. The highest BCUT2D eigenvalue weighted by Gasteiger charge is 2.21. The van der Waals surface area contributed by atoms with E-state index in [0.717, 1.165) is 28.1 Å². The smallest absolute Gasteiger partial charge is 0.254 e. The second-order valence-corrected chi connectivity index (χ2v) is 8.78. The van der Waals surface area contributed by atoms with Gasteiger partial charge in [0.25, 0.3) is 5.91 Å². The van der Waals surface area contributed by atoms with Crippen LogP contribution in [0, 0.1) is 6.92 Å². The summed E-state index contributed by atoms with van der Waals surface area (Å²) in [5.74, 6) is -0.334. The molecule has 2 amide bonds. The van der Waals surface area contributed by atoms with Gasteiger partial charge in [0, 0.05) is 47.7 Å². The lowest BCUT2D eigenvalue weighted by Gasteiger charge is -2.27. The molecule has 1 aliphatic heterocycles. The summed E-state index contributed by atoms with van der Waals surface area (Å²) in [7, 11) is 0. The fraction of sp³-hybridized carbons (Fsp3) is 0.167. The van der Waals surface area contributed by atoms with Gasteiger partial charge in [-0.3, -0.25) is 9.59 Å². The maximum absolute atomic E-state index is 13.0. The van der Waals surface area contributed by atoms with E-state index < -0.39 is 0 Å². The van der Waals surface area contributed by atoms with Gasteiger partial charge >= 0.3 is 0 Å². The van der Waals surface area contributed by atoms with Crippen LogP contribution in [0.15, 0.2) is 91.1 Å². The van der Waals surface area contributed by atoms with E-state index in [1.165, 1.54) is 6.08 Å². The molecule has 1 aliphatic rings. The average molecular weight is 493 g/mol. The molecule has 0 radical (unpaired) electrons. The van der Waals surface area contributed by atoms with Crippen molar-refractivity contribution in [3.05, 3.63) is 108 Å². The fourth-order valence-corrected chi connectivity index (χ4v) is 4.32. The fourth-order valence-electron chi connectivity index (χ4n) is 4.32. The van der Waals surface area contributed by atoms with E-state index in [9.17, 15) is 9.59 Å². The third kappa shape index (κ3) is 5.52. The molecule has 1 aromatic heterocycles. The molecule has 5 rings (SSSR count). The molecule has 0 bridgehead atoms. The second kappa shape index (κ2) is 11.1. The van der Waals surface area contributed by atoms with Crippen LogP contribution in [0.1, 0.15) is 21.5 Å². The van der Waals surface area contributed by atoms with E-state index in [2.05, 4.69) is 5.32 Å². The zero-order valence-electron chi connectivity index (χ0n) is 20.6. The normalized spacial score (nSPS) is 13.6. The van der Waals surface area contributed by atoms with Crippen molar-refractivity contribution in [1.82, 2.24) is 14.7 Å². The predicted octanol–water partition coefficient (Wildman–Crippen LogP) is 4.97. The first-order valence-corrected chi connectivity index (χ1v) is 12.3. The highest BCUT2D eigenvalue weighted by molar-refractivity contribution is 6.04. The molecular formula is C30H28N4O3. The van der Waals surface area contributed by atoms with Gasteiger partial charge < -0.3 is 15.0 Å². The Balaban J connectivity index is 1.37. The summed E-state index contributed by atoms with van der Waals surface area (Å²) in [6.45, 7) is 4.07. The van der Waals surface area contributed by atoms with Gasteiger partial charge in [0.2, 0.25) is 5.91 Å². The largest absolute Gasteiger partial charge is 0.378 e. The number of anilines is 1. The Morgan fingerprint density at radius 1 is 0.919 bits per heavy atom. The van der Waals surface area contributed by atoms with Crippen molar-refractivity contribution in [2.24, 2.45) is 0 Å². The van der Waals surface area contributed by atoms with E-state index in [1.807, 2.05) is 78.5 Å². The molecule has 0 saturated carbocycles. The van der Waals surface area contributed by atoms with Gasteiger partial charge in [0.15, 0.2) is 0 Å². The maximum Gasteiger partial charge on any atom is 0.254 e. The Labute approximate surface area is 216 Å². The number of nitrogens with zero attached hydrogens (tertiary/aromatic N) is 3. The van der Waals surface area contributed by atoms with Crippen LogP contribution in [-0.4, -0.2) is 52.8 Å². The van der Waals surface area contributed by atoms with Crippen molar-refractivity contribution in [1.29, 1.82) is 0 Å². The van der Waals surface area contributed by atoms with Gasteiger partial charge in [-0.15, -0.1) is 0 Å². The van der Waals surface area contributed by atoms with E-state index in [4.69, 9.17) is 9.84 Å². The minimum absolute atomic E-state index is 0.0479. The summed E-state index contributed by atoms with van der Waals surface area (Å²) in [6, 6.07) is 25.1. The van der Waals surface area contributed by atoms with Crippen molar-refractivity contribution < 1.29 is 14.3 Å². The van der Waals surface area contributed by atoms with Gasteiger partial charge in [-0.2, -0.15) is 5.10 Å². The number of aromatic nitrogens is 2. The first kappa shape index (κ1) is 24.2. The summed E-state index contributed by atoms with van der Waals surface area (Å²) >= 11 is 0. The van der Waals surface area contributed by atoms with Crippen molar-refractivity contribution in [2.75, 3.05) is 31.6 Å². The Morgan fingerprint density at radius 3 is 2.35 bits per heavy atom. The predicted molar refractivity (Wildman–Crippen MR) is 145 cm³/mol. The van der Waals surface area contributed by atoms with Crippen LogP contribution in [0.4, 0.5) is 5.69 Å². The van der Waals surface area contributed by atoms with Gasteiger partial charge in [0.1, 0.15) is 0 Å². The van der Waals surface area contributed by atoms with Crippen LogP contribution in [0.3, 0.4) is 0 Å². The van der Waals surface area contributed by atoms with E-state index in [-0.39, 0.29) is 11.8 Å². The zero-order chi connectivity index (χ0) is 25.6. The Hall–Kier alpha value is -4.49. The number of benzene rings is 3. The number of morpholine rings is 1. The molecule has 1 N–H and O–H groups in total. The minimum Gasteiger partial charge on any atom is -0.378 e. The number of carbonyl (C=O) groups is 2. The lowest BCUT2D eigenvalue weighted by molar-refractivity contribution is -0.111. The molecule has 0 aliphatic carbocycles. The third-order valence-electron chi connectivity index (χ3n) is 6.35. The molecule has 7 heteroatoms. The number of hydrogen-bond donors (Lipinski definition) is 1. The van der Waals surface area contributed by atoms with Crippen LogP contribution in [0.2, 0.25) is 0 Å². The molecule has 2 heterocycles. The Bertz CT molecular complexity index is 1420. The van der Waals surface area contributed by atoms with Crippen molar-refractivity contribution >= 4 is 23.6 Å². The van der Waals surface area contributed by atoms with Crippen LogP contribution in [0.25, 0.3) is 23.0 Å². The molecule has 186 valence electrons. The Morgan fingerprint density at radius 2 is 1.62 bits per heavy atom. The van der Waals surface area contributed by atoms with Gasteiger partial charge in [0.05, 0.1) is 24.6 Å². The minimum atomic E-state index is -0.287. The van der Waals surface area contributed by atoms with Gasteiger partial charge in [-0.1, -0.05) is 54.6 Å². The first-order chi connectivity index (χ1) is 18.1. The number of nitrogens with one attached hydrogen (secondary N) is 1.